The molecule has 1 fully saturated rings. The molecule has 0 amide bonds. The van der Waals surface area contributed by atoms with Crippen molar-refractivity contribution in [3.63, 3.8) is 0 Å². The lowest BCUT2D eigenvalue weighted by Gasteiger charge is -2.37. The number of anilines is 3. The van der Waals surface area contributed by atoms with Crippen LogP contribution in [0.3, 0.4) is 0 Å². The highest BCUT2D eigenvalue weighted by atomic mass is 15.3. The molecule has 0 spiro atoms. The number of nitrogens with one attached hydrogen (secondary N) is 1. The summed E-state index contributed by atoms with van der Waals surface area (Å²) < 4.78 is 0. The SMILES string of the molecule is CCCNc1nc(-c2ccccc2)cc(N2CCN(c3cccc(C)c3)CC2)n1. The third-order valence-electron chi connectivity index (χ3n) is 5.29. The molecule has 0 bridgehead atoms. The first kappa shape index (κ1) is 19.2. The normalized spacial score (nSPS) is 14.1. The van der Waals surface area contributed by atoms with Gasteiger partial charge in [0, 0.05) is 50.0 Å². The Morgan fingerprint density at radius 3 is 2.34 bits per heavy atom. The molecular formula is C24H29N5. The fourth-order valence-electron chi connectivity index (χ4n) is 3.69. The van der Waals surface area contributed by atoms with Crippen LogP contribution in [0.1, 0.15) is 18.9 Å². The van der Waals surface area contributed by atoms with Crippen molar-refractivity contribution < 1.29 is 0 Å². The Balaban J connectivity index is 1.54. The Kier molecular flexibility index (Phi) is 5.94. The summed E-state index contributed by atoms with van der Waals surface area (Å²) in [4.78, 5) is 14.4. The number of nitrogens with zero attached hydrogens (tertiary/aromatic N) is 4. The average Bonchev–Trinajstić information content (AvgIpc) is 2.78. The zero-order chi connectivity index (χ0) is 20.1. The summed E-state index contributed by atoms with van der Waals surface area (Å²) >= 11 is 0. The van der Waals surface area contributed by atoms with Gasteiger partial charge in [-0.25, -0.2) is 4.98 Å². The molecule has 5 heteroatoms. The Hall–Kier alpha value is -3.08. The highest BCUT2D eigenvalue weighted by Crippen LogP contribution is 2.25. The minimum absolute atomic E-state index is 0.712. The molecule has 1 aliphatic rings. The molecule has 0 atom stereocenters. The summed E-state index contributed by atoms with van der Waals surface area (Å²) in [5.74, 6) is 1.71. The van der Waals surface area contributed by atoms with Crippen LogP contribution in [-0.2, 0) is 0 Å². The van der Waals surface area contributed by atoms with Crippen LogP contribution in [-0.4, -0.2) is 42.7 Å². The van der Waals surface area contributed by atoms with Gasteiger partial charge < -0.3 is 15.1 Å². The molecule has 1 aliphatic heterocycles. The smallest absolute Gasteiger partial charge is 0.225 e. The summed E-state index contributed by atoms with van der Waals surface area (Å²) in [6.07, 6.45) is 1.05. The second-order valence-electron chi connectivity index (χ2n) is 7.54. The van der Waals surface area contributed by atoms with Crippen LogP contribution >= 0.6 is 0 Å². The van der Waals surface area contributed by atoms with E-state index in [0.717, 1.165) is 56.2 Å². The van der Waals surface area contributed by atoms with Gasteiger partial charge in [0.2, 0.25) is 5.95 Å². The molecule has 0 aliphatic carbocycles. The lowest BCUT2D eigenvalue weighted by molar-refractivity contribution is 0.647. The van der Waals surface area contributed by atoms with Crippen molar-refractivity contribution in [2.24, 2.45) is 0 Å². The Morgan fingerprint density at radius 1 is 0.862 bits per heavy atom. The van der Waals surface area contributed by atoms with Gasteiger partial charge in [-0.1, -0.05) is 49.4 Å². The van der Waals surface area contributed by atoms with Gasteiger partial charge in [0.1, 0.15) is 5.82 Å². The zero-order valence-corrected chi connectivity index (χ0v) is 17.3. The summed E-state index contributed by atoms with van der Waals surface area (Å²) in [6, 6.07) is 21.2. The molecule has 150 valence electrons. The van der Waals surface area contributed by atoms with Crippen LogP contribution in [0.2, 0.25) is 0 Å². The quantitative estimate of drug-likeness (QED) is 0.670. The van der Waals surface area contributed by atoms with Crippen LogP contribution < -0.4 is 15.1 Å². The number of hydrogen-bond donors (Lipinski definition) is 1. The summed E-state index contributed by atoms with van der Waals surface area (Å²) in [5.41, 5.74) is 4.70. The zero-order valence-electron chi connectivity index (χ0n) is 17.3. The number of benzene rings is 2. The highest BCUT2D eigenvalue weighted by Gasteiger charge is 2.20. The summed E-state index contributed by atoms with van der Waals surface area (Å²) in [7, 11) is 0. The second-order valence-corrected chi connectivity index (χ2v) is 7.54. The number of piperazine rings is 1. The van der Waals surface area contributed by atoms with Gasteiger partial charge in [0.05, 0.1) is 5.69 Å². The molecule has 1 saturated heterocycles. The first-order chi connectivity index (χ1) is 14.2. The predicted molar refractivity (Wildman–Crippen MR) is 122 cm³/mol. The molecular weight excluding hydrogens is 358 g/mol. The summed E-state index contributed by atoms with van der Waals surface area (Å²) in [5, 5.41) is 3.37. The van der Waals surface area contributed by atoms with Gasteiger partial charge in [0.25, 0.3) is 0 Å². The van der Waals surface area contributed by atoms with Crippen LogP contribution in [0.5, 0.6) is 0 Å². The van der Waals surface area contributed by atoms with E-state index in [0.29, 0.717) is 5.95 Å². The van der Waals surface area contributed by atoms with E-state index in [1.165, 1.54) is 11.3 Å². The highest BCUT2D eigenvalue weighted by molar-refractivity contribution is 5.65. The van der Waals surface area contributed by atoms with E-state index < -0.39 is 0 Å². The second kappa shape index (κ2) is 8.95. The molecule has 1 aromatic heterocycles. The van der Waals surface area contributed by atoms with Crippen LogP contribution in [0.4, 0.5) is 17.5 Å². The van der Waals surface area contributed by atoms with E-state index in [-0.39, 0.29) is 0 Å². The maximum atomic E-state index is 4.82. The Bertz CT molecular complexity index is 933. The number of aromatic nitrogens is 2. The molecule has 2 heterocycles. The van der Waals surface area contributed by atoms with Crippen molar-refractivity contribution in [3.8, 4) is 11.3 Å². The monoisotopic (exact) mass is 387 g/mol. The average molecular weight is 388 g/mol. The number of aryl methyl sites for hydroxylation is 1. The molecule has 0 saturated carbocycles. The van der Waals surface area contributed by atoms with Gasteiger partial charge in [-0.3, -0.25) is 0 Å². The van der Waals surface area contributed by atoms with E-state index >= 15 is 0 Å². The van der Waals surface area contributed by atoms with Gasteiger partial charge in [-0.2, -0.15) is 4.98 Å². The topological polar surface area (TPSA) is 44.3 Å². The summed E-state index contributed by atoms with van der Waals surface area (Å²) in [6.45, 7) is 9.06. The lowest BCUT2D eigenvalue weighted by Crippen LogP contribution is -2.47. The first-order valence-corrected chi connectivity index (χ1v) is 10.5. The van der Waals surface area contributed by atoms with Gasteiger partial charge in [0.15, 0.2) is 0 Å². The number of hydrogen-bond acceptors (Lipinski definition) is 5. The van der Waals surface area contributed by atoms with Gasteiger partial charge in [-0.15, -0.1) is 0 Å². The van der Waals surface area contributed by atoms with Crippen LogP contribution in [0.25, 0.3) is 11.3 Å². The first-order valence-electron chi connectivity index (χ1n) is 10.5. The minimum atomic E-state index is 0.712. The maximum Gasteiger partial charge on any atom is 0.225 e. The largest absolute Gasteiger partial charge is 0.368 e. The van der Waals surface area contributed by atoms with E-state index in [1.807, 2.05) is 6.07 Å². The molecule has 29 heavy (non-hydrogen) atoms. The molecule has 0 radical (unpaired) electrons. The molecule has 2 aromatic carbocycles. The fourth-order valence-corrected chi connectivity index (χ4v) is 3.69. The molecule has 4 rings (SSSR count). The van der Waals surface area contributed by atoms with Crippen molar-refractivity contribution in [1.82, 2.24) is 9.97 Å². The van der Waals surface area contributed by atoms with Crippen molar-refractivity contribution in [2.45, 2.75) is 20.3 Å². The third kappa shape index (κ3) is 4.67. The minimum Gasteiger partial charge on any atom is -0.368 e. The fraction of sp³-hybridized carbons (Fsp3) is 0.333. The molecule has 0 unspecified atom stereocenters. The van der Waals surface area contributed by atoms with Crippen molar-refractivity contribution in [2.75, 3.05) is 47.8 Å². The van der Waals surface area contributed by atoms with Crippen LogP contribution in [0, 0.1) is 6.92 Å². The van der Waals surface area contributed by atoms with E-state index in [4.69, 9.17) is 9.97 Å². The van der Waals surface area contributed by atoms with Gasteiger partial charge in [-0.05, 0) is 31.0 Å². The van der Waals surface area contributed by atoms with Crippen LogP contribution in [0.15, 0.2) is 60.7 Å². The van der Waals surface area contributed by atoms with Crippen molar-refractivity contribution in [1.29, 1.82) is 0 Å². The van der Waals surface area contributed by atoms with E-state index in [2.05, 4.69) is 83.6 Å². The molecule has 3 aromatic rings. The third-order valence-corrected chi connectivity index (χ3v) is 5.29. The van der Waals surface area contributed by atoms with Gasteiger partial charge >= 0.3 is 0 Å². The Labute approximate surface area is 173 Å². The standard InChI is InChI=1S/C24H29N5/c1-3-12-25-24-26-22(20-9-5-4-6-10-20)18-23(27-24)29-15-13-28(14-16-29)21-11-7-8-19(2)17-21/h4-11,17-18H,3,12-16H2,1-2H3,(H,25,26,27). The predicted octanol–water partition coefficient (Wildman–Crippen LogP) is 4.60. The molecule has 5 nitrogen and oxygen atoms in total. The van der Waals surface area contributed by atoms with Crippen molar-refractivity contribution in [3.05, 3.63) is 66.2 Å². The lowest BCUT2D eigenvalue weighted by atomic mass is 10.1. The van der Waals surface area contributed by atoms with Crippen molar-refractivity contribution >= 4 is 17.5 Å². The maximum absolute atomic E-state index is 4.82. The Morgan fingerprint density at radius 2 is 1.62 bits per heavy atom. The molecule has 1 N–H and O–H groups in total. The van der Waals surface area contributed by atoms with E-state index in [1.54, 1.807) is 0 Å². The van der Waals surface area contributed by atoms with E-state index in [9.17, 15) is 0 Å². The number of rotatable bonds is 6.